The van der Waals surface area contributed by atoms with Gasteiger partial charge in [0.25, 0.3) is 0 Å². The Morgan fingerprint density at radius 2 is 2.00 bits per heavy atom. The molecule has 0 atom stereocenters. The minimum absolute atomic E-state index is 0.251. The summed E-state index contributed by atoms with van der Waals surface area (Å²) in [6.07, 6.45) is 0.251. The van der Waals surface area contributed by atoms with Crippen LogP contribution >= 0.6 is 0 Å². The molecule has 0 aliphatic carbocycles. The molecule has 0 aliphatic heterocycles. The predicted molar refractivity (Wildman–Crippen MR) is 77.0 cm³/mol. The van der Waals surface area contributed by atoms with Gasteiger partial charge in [-0.1, -0.05) is 18.2 Å². The number of carbonyl (C=O) groups excluding carboxylic acids is 1. The summed E-state index contributed by atoms with van der Waals surface area (Å²) in [6, 6.07) is 7.78. The lowest BCUT2D eigenvalue weighted by atomic mass is 10.2. The molecule has 3 heterocycles. The van der Waals surface area contributed by atoms with Crippen LogP contribution in [0.2, 0.25) is 0 Å². The van der Waals surface area contributed by atoms with Gasteiger partial charge in [-0.2, -0.15) is 0 Å². The van der Waals surface area contributed by atoms with Gasteiger partial charge in [0.1, 0.15) is 5.52 Å². The van der Waals surface area contributed by atoms with Gasteiger partial charge in [0, 0.05) is 11.9 Å². The molecule has 4 aromatic rings. The van der Waals surface area contributed by atoms with Crippen molar-refractivity contribution in [3.63, 3.8) is 0 Å². The molecule has 0 bridgehead atoms. The maximum Gasteiger partial charge on any atom is 0.307 e. The fourth-order valence-electron chi connectivity index (χ4n) is 2.55. The number of fused-ring (bicyclic) bond motifs is 4. The molecular formula is C14H11N5O3. The van der Waals surface area contributed by atoms with E-state index in [9.17, 15) is 4.79 Å². The Morgan fingerprint density at radius 3 is 2.82 bits per heavy atom. The standard InChI is InChI=1S/C14H11N5O3/c1-21-10(20)6-7-19-9-5-3-2-4-8(9)11-14(19)16-13-12(15-11)17-22-18-13/h2-5H,6-7H2,1H3. The van der Waals surface area contributed by atoms with Crippen molar-refractivity contribution in [1.82, 2.24) is 24.8 Å². The number of esters is 1. The molecule has 0 radical (unpaired) electrons. The summed E-state index contributed by atoms with van der Waals surface area (Å²) >= 11 is 0. The molecular weight excluding hydrogens is 286 g/mol. The smallest absolute Gasteiger partial charge is 0.307 e. The number of aromatic nitrogens is 5. The second kappa shape index (κ2) is 4.76. The first kappa shape index (κ1) is 12.7. The molecule has 0 fully saturated rings. The van der Waals surface area contributed by atoms with Crippen LogP contribution in [-0.2, 0) is 16.1 Å². The van der Waals surface area contributed by atoms with E-state index in [4.69, 9.17) is 4.74 Å². The fourth-order valence-corrected chi connectivity index (χ4v) is 2.55. The van der Waals surface area contributed by atoms with Crippen molar-refractivity contribution in [3.05, 3.63) is 24.3 Å². The van der Waals surface area contributed by atoms with Gasteiger partial charge >= 0.3 is 5.97 Å². The van der Waals surface area contributed by atoms with Crippen molar-refractivity contribution in [1.29, 1.82) is 0 Å². The van der Waals surface area contributed by atoms with Crippen LogP contribution in [0.5, 0.6) is 0 Å². The molecule has 8 nitrogen and oxygen atoms in total. The molecule has 1 aromatic carbocycles. The quantitative estimate of drug-likeness (QED) is 0.531. The zero-order valence-corrected chi connectivity index (χ0v) is 11.7. The fraction of sp³-hybridized carbons (Fsp3) is 0.214. The van der Waals surface area contributed by atoms with E-state index < -0.39 is 0 Å². The van der Waals surface area contributed by atoms with Crippen molar-refractivity contribution in [2.24, 2.45) is 0 Å². The summed E-state index contributed by atoms with van der Waals surface area (Å²) in [6.45, 7) is 0.447. The number of benzene rings is 1. The van der Waals surface area contributed by atoms with Crippen molar-refractivity contribution in [3.8, 4) is 0 Å². The zero-order chi connectivity index (χ0) is 15.1. The minimum Gasteiger partial charge on any atom is -0.469 e. The number of carbonyl (C=O) groups is 1. The van der Waals surface area contributed by atoms with Crippen molar-refractivity contribution < 1.29 is 14.2 Å². The molecule has 0 N–H and O–H groups in total. The summed E-state index contributed by atoms with van der Waals surface area (Å²) in [4.78, 5) is 20.4. The van der Waals surface area contributed by atoms with Gasteiger partial charge < -0.3 is 9.30 Å². The van der Waals surface area contributed by atoms with Crippen LogP contribution in [0, 0.1) is 0 Å². The first-order valence-corrected chi connectivity index (χ1v) is 6.72. The maximum absolute atomic E-state index is 11.4. The average molecular weight is 297 g/mol. The minimum atomic E-state index is -0.275. The molecule has 0 saturated heterocycles. The van der Waals surface area contributed by atoms with Gasteiger partial charge in [0.2, 0.25) is 11.3 Å². The SMILES string of the molecule is COC(=O)CCn1c2ccccc2c2nc3nonc3nc21. The second-order valence-electron chi connectivity index (χ2n) is 4.80. The molecule has 4 rings (SSSR count). The summed E-state index contributed by atoms with van der Waals surface area (Å²) in [5.74, 6) is -0.275. The van der Waals surface area contributed by atoms with E-state index in [1.54, 1.807) is 0 Å². The van der Waals surface area contributed by atoms with E-state index in [1.807, 2.05) is 28.8 Å². The normalized spacial score (nSPS) is 11.5. The molecule has 0 aliphatic rings. The first-order valence-electron chi connectivity index (χ1n) is 6.72. The number of aryl methyl sites for hydroxylation is 1. The summed E-state index contributed by atoms with van der Waals surface area (Å²) in [5.41, 5.74) is 3.01. The number of ether oxygens (including phenoxy) is 1. The van der Waals surface area contributed by atoms with Gasteiger partial charge in [-0.15, -0.1) is 0 Å². The Kier molecular flexibility index (Phi) is 2.75. The molecule has 110 valence electrons. The van der Waals surface area contributed by atoms with E-state index in [2.05, 4.69) is 24.9 Å². The molecule has 3 aromatic heterocycles. The number of hydrogen-bond acceptors (Lipinski definition) is 7. The molecule has 22 heavy (non-hydrogen) atoms. The van der Waals surface area contributed by atoms with Crippen LogP contribution in [0.4, 0.5) is 0 Å². The van der Waals surface area contributed by atoms with Gasteiger partial charge in [-0.25, -0.2) is 14.6 Å². The monoisotopic (exact) mass is 297 g/mol. The van der Waals surface area contributed by atoms with Crippen LogP contribution < -0.4 is 0 Å². The van der Waals surface area contributed by atoms with Crippen LogP contribution in [0.15, 0.2) is 28.9 Å². The Morgan fingerprint density at radius 1 is 1.23 bits per heavy atom. The highest BCUT2D eigenvalue weighted by Gasteiger charge is 2.16. The third-order valence-electron chi connectivity index (χ3n) is 3.57. The van der Waals surface area contributed by atoms with Crippen LogP contribution in [-0.4, -0.2) is 37.9 Å². The maximum atomic E-state index is 11.4. The lowest BCUT2D eigenvalue weighted by Crippen LogP contribution is -2.07. The molecule has 8 heteroatoms. The average Bonchev–Trinajstić information content (AvgIpc) is 3.12. The number of para-hydroxylation sites is 1. The van der Waals surface area contributed by atoms with Crippen LogP contribution in [0.1, 0.15) is 6.42 Å². The van der Waals surface area contributed by atoms with E-state index in [-0.39, 0.29) is 12.4 Å². The predicted octanol–water partition coefficient (Wildman–Crippen LogP) is 1.68. The summed E-state index contributed by atoms with van der Waals surface area (Å²) < 4.78 is 11.3. The Hall–Kier alpha value is -3.03. The van der Waals surface area contributed by atoms with Gasteiger partial charge in [0.05, 0.1) is 19.0 Å². The Balaban J connectivity index is 1.99. The molecule has 0 saturated carbocycles. The highest BCUT2D eigenvalue weighted by atomic mass is 16.6. The van der Waals surface area contributed by atoms with Gasteiger partial charge in [0.15, 0.2) is 5.65 Å². The highest BCUT2D eigenvalue weighted by Crippen LogP contribution is 2.27. The van der Waals surface area contributed by atoms with Gasteiger partial charge in [-0.05, 0) is 16.4 Å². The topological polar surface area (TPSA) is 95.9 Å². The third-order valence-corrected chi connectivity index (χ3v) is 3.57. The first-order chi connectivity index (χ1) is 10.8. The molecule has 0 unspecified atom stereocenters. The van der Waals surface area contributed by atoms with E-state index in [1.165, 1.54) is 7.11 Å². The number of nitrogens with zero attached hydrogens (tertiary/aromatic N) is 5. The van der Waals surface area contributed by atoms with Gasteiger partial charge in [-0.3, -0.25) is 4.79 Å². The van der Waals surface area contributed by atoms with E-state index >= 15 is 0 Å². The number of rotatable bonds is 3. The number of methoxy groups -OCH3 is 1. The van der Waals surface area contributed by atoms with E-state index in [0.717, 1.165) is 10.9 Å². The second-order valence-corrected chi connectivity index (χ2v) is 4.80. The van der Waals surface area contributed by atoms with Crippen LogP contribution in [0.3, 0.4) is 0 Å². The molecule has 0 amide bonds. The third kappa shape index (κ3) is 1.80. The zero-order valence-electron chi connectivity index (χ0n) is 11.7. The van der Waals surface area contributed by atoms with Crippen molar-refractivity contribution in [2.45, 2.75) is 13.0 Å². The molecule has 0 spiro atoms. The number of hydrogen-bond donors (Lipinski definition) is 0. The lowest BCUT2D eigenvalue weighted by Gasteiger charge is -2.05. The van der Waals surface area contributed by atoms with Crippen molar-refractivity contribution in [2.75, 3.05) is 7.11 Å². The van der Waals surface area contributed by atoms with E-state index in [0.29, 0.717) is 29.0 Å². The Labute approximate surface area is 123 Å². The summed E-state index contributed by atoms with van der Waals surface area (Å²) in [7, 11) is 1.37. The highest BCUT2D eigenvalue weighted by molar-refractivity contribution is 6.05. The largest absolute Gasteiger partial charge is 0.469 e. The van der Waals surface area contributed by atoms with Crippen LogP contribution in [0.25, 0.3) is 33.4 Å². The summed E-state index contributed by atoms with van der Waals surface area (Å²) in [5, 5.41) is 8.40. The lowest BCUT2D eigenvalue weighted by molar-refractivity contribution is -0.140. The Bertz CT molecular complexity index is 1000. The van der Waals surface area contributed by atoms with Crippen molar-refractivity contribution >= 4 is 39.3 Å².